The van der Waals surface area contributed by atoms with Gasteiger partial charge in [0.1, 0.15) is 5.75 Å². The van der Waals surface area contributed by atoms with Gasteiger partial charge in [0, 0.05) is 11.0 Å². The number of nitrogens with one attached hydrogen (secondary N) is 1. The van der Waals surface area contributed by atoms with E-state index in [9.17, 15) is 9.59 Å². The van der Waals surface area contributed by atoms with Crippen molar-refractivity contribution in [2.75, 3.05) is 6.54 Å². The topological polar surface area (TPSA) is 55.4 Å². The predicted molar refractivity (Wildman–Crippen MR) is 86.8 cm³/mol. The Morgan fingerprint density at radius 3 is 2.62 bits per heavy atom. The Labute approximate surface area is 134 Å². The van der Waals surface area contributed by atoms with E-state index in [2.05, 4.69) is 35.1 Å². The van der Waals surface area contributed by atoms with Crippen LogP contribution in [0.4, 0.5) is 0 Å². The normalized spacial score (nSPS) is 12.1. The average molecular weight is 356 g/mol. The highest BCUT2D eigenvalue weighted by atomic mass is 79.9. The molecule has 1 unspecified atom stereocenters. The van der Waals surface area contributed by atoms with Crippen LogP contribution in [0.2, 0.25) is 0 Å². The first-order chi connectivity index (χ1) is 9.85. The van der Waals surface area contributed by atoms with Gasteiger partial charge in [-0.05, 0) is 43.9 Å². The fraction of sp³-hybridized carbons (Fsp3) is 0.500. The molecule has 0 bridgehead atoms. The maximum atomic E-state index is 12.0. The Kier molecular flexibility index (Phi) is 6.89. The van der Waals surface area contributed by atoms with Gasteiger partial charge >= 0.3 is 0 Å². The number of aldehydes is 1. The van der Waals surface area contributed by atoms with E-state index in [4.69, 9.17) is 4.74 Å². The third-order valence-corrected chi connectivity index (χ3v) is 3.54. The van der Waals surface area contributed by atoms with Gasteiger partial charge in [-0.25, -0.2) is 0 Å². The van der Waals surface area contributed by atoms with Crippen molar-refractivity contribution < 1.29 is 14.3 Å². The number of carbonyl (C=O) groups excluding carboxylic acids is 2. The molecule has 5 heteroatoms. The third kappa shape index (κ3) is 5.50. The Hall–Kier alpha value is -1.36. The van der Waals surface area contributed by atoms with Gasteiger partial charge in [-0.3, -0.25) is 9.59 Å². The maximum Gasteiger partial charge on any atom is 0.260 e. The molecule has 0 spiro atoms. The zero-order valence-corrected chi connectivity index (χ0v) is 14.5. The van der Waals surface area contributed by atoms with E-state index in [1.165, 1.54) is 0 Å². The van der Waals surface area contributed by atoms with Crippen molar-refractivity contribution in [3.05, 3.63) is 27.7 Å². The Bertz CT molecular complexity index is 514. The highest BCUT2D eigenvalue weighted by molar-refractivity contribution is 9.10. The summed E-state index contributed by atoms with van der Waals surface area (Å²) in [6, 6.07) is 3.53. The second-order valence-electron chi connectivity index (χ2n) is 5.49. The van der Waals surface area contributed by atoms with Gasteiger partial charge in [0.15, 0.2) is 12.4 Å². The molecule has 0 radical (unpaired) electrons. The number of hydrogen-bond donors (Lipinski definition) is 1. The molecule has 0 aromatic heterocycles. The van der Waals surface area contributed by atoms with Gasteiger partial charge in [-0.1, -0.05) is 29.8 Å². The predicted octanol–water partition coefficient (Wildman–Crippen LogP) is 3.50. The molecule has 0 fully saturated rings. The number of halogens is 1. The van der Waals surface area contributed by atoms with E-state index in [1.807, 2.05) is 13.0 Å². The van der Waals surface area contributed by atoms with Crippen LogP contribution in [0, 0.1) is 12.8 Å². The number of ether oxygens (including phenoxy) is 1. The molecule has 0 aliphatic rings. The van der Waals surface area contributed by atoms with Gasteiger partial charge in [-0.2, -0.15) is 0 Å². The van der Waals surface area contributed by atoms with Gasteiger partial charge in [0.05, 0.1) is 5.56 Å². The fourth-order valence-corrected chi connectivity index (χ4v) is 2.45. The lowest BCUT2D eigenvalue weighted by Gasteiger charge is -2.18. The average Bonchev–Trinajstić information content (AvgIpc) is 2.40. The van der Waals surface area contributed by atoms with E-state index in [-0.39, 0.29) is 5.91 Å². The molecule has 0 saturated heterocycles. The molecule has 116 valence electrons. The molecule has 4 nitrogen and oxygen atoms in total. The van der Waals surface area contributed by atoms with Crippen LogP contribution in [0.1, 0.15) is 43.1 Å². The first kappa shape index (κ1) is 17.7. The number of rotatable bonds is 7. The highest BCUT2D eigenvalue weighted by Crippen LogP contribution is 2.27. The summed E-state index contributed by atoms with van der Waals surface area (Å²) in [6.45, 7) is 8.36. The molecule has 1 atom stereocenters. The zero-order chi connectivity index (χ0) is 16.0. The van der Waals surface area contributed by atoms with Crippen LogP contribution in [-0.4, -0.2) is 24.8 Å². The van der Waals surface area contributed by atoms with E-state index < -0.39 is 6.10 Å². The molecular weight excluding hydrogens is 334 g/mol. The summed E-state index contributed by atoms with van der Waals surface area (Å²) in [5, 5.41) is 2.84. The van der Waals surface area contributed by atoms with Crippen LogP contribution in [0.25, 0.3) is 0 Å². The van der Waals surface area contributed by atoms with E-state index in [0.717, 1.165) is 22.7 Å². The standard InChI is InChI=1S/C16H22BrNO3/c1-10(2)5-6-18-16(20)12(4)21-15-11(3)7-14(17)8-13(15)9-19/h7-10,12H,5-6H2,1-4H3,(H,18,20). The first-order valence-electron chi connectivity index (χ1n) is 7.04. The van der Waals surface area contributed by atoms with Gasteiger partial charge in [0.25, 0.3) is 5.91 Å². The van der Waals surface area contributed by atoms with Crippen LogP contribution in [0.5, 0.6) is 5.75 Å². The molecule has 0 aliphatic heterocycles. The summed E-state index contributed by atoms with van der Waals surface area (Å²) in [5.74, 6) is 0.825. The van der Waals surface area contributed by atoms with Crippen LogP contribution >= 0.6 is 15.9 Å². The minimum Gasteiger partial charge on any atom is -0.480 e. The first-order valence-corrected chi connectivity index (χ1v) is 7.84. The Morgan fingerprint density at radius 2 is 2.05 bits per heavy atom. The van der Waals surface area contributed by atoms with Crippen LogP contribution in [0.15, 0.2) is 16.6 Å². The van der Waals surface area contributed by atoms with Gasteiger partial charge in [-0.15, -0.1) is 0 Å². The molecule has 1 aromatic rings. The number of carbonyl (C=O) groups is 2. The lowest BCUT2D eigenvalue weighted by Crippen LogP contribution is -2.37. The summed E-state index contributed by atoms with van der Waals surface area (Å²) in [6.07, 6.45) is 1.02. The summed E-state index contributed by atoms with van der Waals surface area (Å²) >= 11 is 3.34. The SMILES string of the molecule is Cc1cc(Br)cc(C=O)c1OC(C)C(=O)NCCC(C)C. The lowest BCUT2D eigenvalue weighted by molar-refractivity contribution is -0.127. The van der Waals surface area contributed by atoms with Crippen molar-refractivity contribution in [1.29, 1.82) is 0 Å². The second kappa shape index (κ2) is 8.17. The lowest BCUT2D eigenvalue weighted by atomic mass is 10.1. The molecule has 1 aromatic carbocycles. The number of benzene rings is 1. The maximum absolute atomic E-state index is 12.0. The monoisotopic (exact) mass is 355 g/mol. The van der Waals surface area contributed by atoms with Crippen molar-refractivity contribution in [2.45, 2.75) is 40.2 Å². The Balaban J connectivity index is 2.72. The molecule has 1 amide bonds. The Morgan fingerprint density at radius 1 is 1.38 bits per heavy atom. The van der Waals surface area contributed by atoms with E-state index in [1.54, 1.807) is 13.0 Å². The number of amides is 1. The number of hydrogen-bond acceptors (Lipinski definition) is 3. The van der Waals surface area contributed by atoms with Crippen molar-refractivity contribution in [3.8, 4) is 5.75 Å². The molecular formula is C16H22BrNO3. The summed E-state index contributed by atoms with van der Waals surface area (Å²) in [4.78, 5) is 23.1. The molecule has 0 heterocycles. The molecule has 0 aliphatic carbocycles. The summed E-state index contributed by atoms with van der Waals surface area (Å²) < 4.78 is 6.49. The van der Waals surface area contributed by atoms with Crippen LogP contribution < -0.4 is 10.1 Å². The quantitative estimate of drug-likeness (QED) is 0.761. The van der Waals surface area contributed by atoms with Crippen LogP contribution in [0.3, 0.4) is 0 Å². The van der Waals surface area contributed by atoms with E-state index >= 15 is 0 Å². The van der Waals surface area contributed by atoms with Gasteiger partial charge < -0.3 is 10.1 Å². The summed E-state index contributed by atoms with van der Waals surface area (Å²) in [7, 11) is 0. The minimum absolute atomic E-state index is 0.171. The highest BCUT2D eigenvalue weighted by Gasteiger charge is 2.18. The van der Waals surface area contributed by atoms with Crippen molar-refractivity contribution in [2.24, 2.45) is 5.92 Å². The van der Waals surface area contributed by atoms with Crippen molar-refractivity contribution in [1.82, 2.24) is 5.32 Å². The number of aryl methyl sites for hydroxylation is 1. The molecule has 1 N–H and O–H groups in total. The molecule has 0 saturated carbocycles. The van der Waals surface area contributed by atoms with Crippen molar-refractivity contribution >= 4 is 28.1 Å². The smallest absolute Gasteiger partial charge is 0.260 e. The largest absolute Gasteiger partial charge is 0.480 e. The van der Waals surface area contributed by atoms with E-state index in [0.29, 0.717) is 23.8 Å². The van der Waals surface area contributed by atoms with Crippen LogP contribution in [-0.2, 0) is 4.79 Å². The summed E-state index contributed by atoms with van der Waals surface area (Å²) in [5.41, 5.74) is 1.25. The van der Waals surface area contributed by atoms with Gasteiger partial charge in [0.2, 0.25) is 0 Å². The van der Waals surface area contributed by atoms with Crippen molar-refractivity contribution in [3.63, 3.8) is 0 Å². The molecule has 1 rings (SSSR count). The molecule has 21 heavy (non-hydrogen) atoms. The third-order valence-electron chi connectivity index (χ3n) is 3.08. The second-order valence-corrected chi connectivity index (χ2v) is 6.41. The minimum atomic E-state index is -0.643. The fourth-order valence-electron chi connectivity index (χ4n) is 1.86. The zero-order valence-electron chi connectivity index (χ0n) is 12.9.